The second kappa shape index (κ2) is 14.4. The van der Waals surface area contributed by atoms with Crippen LogP contribution >= 0.6 is 23.3 Å². The molecule has 0 saturated carbocycles. The molecule has 0 bridgehead atoms. The molecule has 1 aliphatic rings. The molecule has 0 amide bonds. The smallest absolute Gasteiger partial charge is 0.416 e. The van der Waals surface area contributed by atoms with Crippen molar-refractivity contribution in [3.05, 3.63) is 78.2 Å². The van der Waals surface area contributed by atoms with Gasteiger partial charge in [0.05, 0.1) is 11.3 Å². The summed E-state index contributed by atoms with van der Waals surface area (Å²) >= 11 is 2.61. The molecule has 2 N–H and O–H groups in total. The largest absolute Gasteiger partial charge is 0.453 e. The van der Waals surface area contributed by atoms with E-state index in [2.05, 4.69) is 24.4 Å². The molecular weight excluding hydrogens is 648 g/mol. The number of alkyl halides is 3. The average molecular weight is 680 g/mol. The van der Waals surface area contributed by atoms with Gasteiger partial charge in [0.15, 0.2) is 11.6 Å². The first kappa shape index (κ1) is 33.1. The normalized spacial score (nSPS) is 15.0. The van der Waals surface area contributed by atoms with Crippen molar-refractivity contribution < 1.29 is 26.3 Å². The Morgan fingerprint density at radius 2 is 1.84 bits per heavy atom. The number of nitrogens with zero attached hydrogens (tertiary/aromatic N) is 5. The van der Waals surface area contributed by atoms with Crippen LogP contribution in [0.1, 0.15) is 30.0 Å². The van der Waals surface area contributed by atoms with Gasteiger partial charge in [0, 0.05) is 55.5 Å². The number of pyridine rings is 2. The topological polar surface area (TPSA) is 113 Å². The van der Waals surface area contributed by atoms with Crippen LogP contribution in [0.5, 0.6) is 11.5 Å². The second-order valence-electron chi connectivity index (χ2n) is 10.5. The van der Waals surface area contributed by atoms with Crippen LogP contribution < -0.4 is 14.8 Å². The van der Waals surface area contributed by atoms with Crippen LogP contribution in [0.4, 0.5) is 24.0 Å². The van der Waals surface area contributed by atoms with E-state index in [9.17, 15) is 21.6 Å². The molecule has 5 rings (SSSR count). The molecule has 240 valence electrons. The number of hydrogen-bond donors (Lipinski definition) is 2. The molecule has 1 aliphatic heterocycles. The number of rotatable bonds is 12. The van der Waals surface area contributed by atoms with Crippen molar-refractivity contribution in [2.45, 2.75) is 34.9 Å². The Kier molecular flexibility index (Phi) is 10.6. The highest BCUT2D eigenvalue weighted by Gasteiger charge is 2.31. The summed E-state index contributed by atoms with van der Waals surface area (Å²) in [5.74, 6) is 0.986. The second-order valence-corrected chi connectivity index (χ2v) is 14.2. The maximum absolute atomic E-state index is 13.1. The van der Waals surface area contributed by atoms with Crippen LogP contribution in [-0.4, -0.2) is 72.2 Å². The third-order valence-corrected chi connectivity index (χ3v) is 10.2. The van der Waals surface area contributed by atoms with E-state index in [1.54, 1.807) is 18.5 Å². The average Bonchev–Trinajstić information content (AvgIpc) is 3.47. The molecule has 4 aromatic rings. The lowest BCUT2D eigenvalue weighted by Gasteiger charge is -2.30. The van der Waals surface area contributed by atoms with Gasteiger partial charge in [-0.25, -0.2) is 14.7 Å². The molecule has 0 spiro atoms. The van der Waals surface area contributed by atoms with Crippen LogP contribution in [0.15, 0.2) is 76.9 Å². The highest BCUT2D eigenvalue weighted by Crippen LogP contribution is 2.38. The fourth-order valence-corrected chi connectivity index (χ4v) is 7.28. The summed E-state index contributed by atoms with van der Waals surface area (Å²) in [6.07, 6.45) is 0.157. The molecule has 3 aromatic heterocycles. The van der Waals surface area contributed by atoms with E-state index >= 15 is 0 Å². The Morgan fingerprint density at radius 3 is 2.51 bits per heavy atom. The van der Waals surface area contributed by atoms with E-state index in [4.69, 9.17) is 4.74 Å². The summed E-state index contributed by atoms with van der Waals surface area (Å²) in [7, 11) is 0.232. The first-order chi connectivity index (χ1) is 21.5. The van der Waals surface area contributed by atoms with Crippen LogP contribution in [0.25, 0.3) is 0 Å². The van der Waals surface area contributed by atoms with E-state index in [1.807, 2.05) is 43.3 Å². The standard InChI is InChI=1S/C29H32F3N7O3S3/c1-38(2)16-13-35-45(40,41)39-14-10-20(11-15-39)24-18-27(44-37-24)36-28-25(42-22-8-6-21(7-9-22)29(30,31)32)17-23(19-34-28)43-26-5-3-4-12-33-26/h3-9,12,17-20,35H,10-11,13-16H2,1-2H3,(H,34,36). The monoisotopic (exact) mass is 679 g/mol. The van der Waals surface area contributed by atoms with Gasteiger partial charge in [-0.1, -0.05) is 17.8 Å². The van der Waals surface area contributed by atoms with Crippen molar-refractivity contribution in [1.29, 1.82) is 0 Å². The van der Waals surface area contributed by atoms with Gasteiger partial charge in [-0.15, -0.1) is 0 Å². The Balaban J connectivity index is 1.28. The number of anilines is 2. The number of hydrogen-bond acceptors (Lipinski definition) is 10. The molecule has 4 heterocycles. The number of aromatic nitrogens is 3. The number of piperidine rings is 1. The van der Waals surface area contributed by atoms with Crippen molar-refractivity contribution in [1.82, 2.24) is 28.3 Å². The molecule has 1 fully saturated rings. The van der Waals surface area contributed by atoms with Crippen molar-refractivity contribution in [2.75, 3.05) is 45.6 Å². The molecule has 0 unspecified atom stereocenters. The summed E-state index contributed by atoms with van der Waals surface area (Å²) in [6, 6.07) is 13.7. The fourth-order valence-electron chi connectivity index (χ4n) is 4.56. The summed E-state index contributed by atoms with van der Waals surface area (Å²) in [4.78, 5) is 11.5. The van der Waals surface area contributed by atoms with E-state index in [0.29, 0.717) is 55.6 Å². The van der Waals surface area contributed by atoms with Gasteiger partial charge < -0.3 is 15.0 Å². The summed E-state index contributed by atoms with van der Waals surface area (Å²) in [5, 5.41) is 4.68. The zero-order chi connectivity index (χ0) is 32.0. The molecule has 10 nitrogen and oxygen atoms in total. The van der Waals surface area contributed by atoms with E-state index < -0.39 is 21.9 Å². The molecule has 1 saturated heterocycles. The highest BCUT2D eigenvalue weighted by atomic mass is 32.2. The quantitative estimate of drug-likeness (QED) is 0.180. The van der Waals surface area contributed by atoms with E-state index in [1.165, 1.54) is 39.7 Å². The van der Waals surface area contributed by atoms with Crippen molar-refractivity contribution in [2.24, 2.45) is 0 Å². The third-order valence-electron chi connectivity index (χ3n) is 6.92. The Labute approximate surface area is 268 Å². The number of halogens is 3. The summed E-state index contributed by atoms with van der Waals surface area (Å²) in [6.45, 7) is 1.74. The lowest BCUT2D eigenvalue weighted by Crippen LogP contribution is -2.46. The fraction of sp³-hybridized carbons (Fsp3) is 0.345. The predicted octanol–water partition coefficient (Wildman–Crippen LogP) is 6.21. The minimum atomic E-state index is -4.45. The molecule has 16 heteroatoms. The van der Waals surface area contributed by atoms with Gasteiger partial charge in [0.2, 0.25) is 0 Å². The number of benzene rings is 1. The van der Waals surface area contributed by atoms with Gasteiger partial charge in [-0.2, -0.15) is 30.3 Å². The summed E-state index contributed by atoms with van der Waals surface area (Å²) < 4.78 is 79.3. The van der Waals surface area contributed by atoms with Gasteiger partial charge in [0.25, 0.3) is 10.2 Å². The molecule has 45 heavy (non-hydrogen) atoms. The third kappa shape index (κ3) is 9.14. The lowest BCUT2D eigenvalue weighted by atomic mass is 9.95. The zero-order valence-electron chi connectivity index (χ0n) is 24.5. The Bertz CT molecular complexity index is 1660. The van der Waals surface area contributed by atoms with Gasteiger partial charge >= 0.3 is 6.18 Å². The van der Waals surface area contributed by atoms with Gasteiger partial charge in [0.1, 0.15) is 15.8 Å². The maximum atomic E-state index is 13.1. The van der Waals surface area contributed by atoms with Gasteiger partial charge in [-0.3, -0.25) is 0 Å². The maximum Gasteiger partial charge on any atom is 0.416 e. The van der Waals surface area contributed by atoms with Crippen LogP contribution in [0, 0.1) is 0 Å². The van der Waals surface area contributed by atoms with Crippen LogP contribution in [0.2, 0.25) is 0 Å². The number of ether oxygens (including phenoxy) is 1. The van der Waals surface area contributed by atoms with Crippen molar-refractivity contribution >= 4 is 44.3 Å². The zero-order valence-corrected chi connectivity index (χ0v) is 26.9. The van der Waals surface area contributed by atoms with Gasteiger partial charge in [-0.05, 0) is 80.9 Å². The Morgan fingerprint density at radius 1 is 1.09 bits per heavy atom. The number of likely N-dealkylation sites (N-methyl/N-ethyl adjacent to an activating group) is 1. The first-order valence-corrected chi connectivity index (χ1v) is 17.1. The molecule has 1 aromatic carbocycles. The first-order valence-electron chi connectivity index (χ1n) is 14.0. The molecule has 0 radical (unpaired) electrons. The molecule has 0 atom stereocenters. The van der Waals surface area contributed by atoms with Crippen LogP contribution in [-0.2, 0) is 16.4 Å². The molecular formula is C29H32F3N7O3S3. The minimum absolute atomic E-state index is 0.0954. The Hall–Kier alpha value is -3.28. The SMILES string of the molecule is CN(C)CCNS(=O)(=O)N1CCC(c2cc(Nc3ncc(Sc4ccccn4)cc3Oc3ccc(C(F)(F)F)cc3)sn2)CC1. The predicted molar refractivity (Wildman–Crippen MR) is 169 cm³/mol. The minimum Gasteiger partial charge on any atom is -0.453 e. The highest BCUT2D eigenvalue weighted by molar-refractivity contribution is 7.99. The van der Waals surface area contributed by atoms with E-state index in [-0.39, 0.29) is 11.7 Å². The van der Waals surface area contributed by atoms with Crippen LogP contribution in [0.3, 0.4) is 0 Å². The van der Waals surface area contributed by atoms with E-state index in [0.717, 1.165) is 27.7 Å². The lowest BCUT2D eigenvalue weighted by molar-refractivity contribution is -0.137. The van der Waals surface area contributed by atoms with Crippen molar-refractivity contribution in [3.63, 3.8) is 0 Å². The summed E-state index contributed by atoms with van der Waals surface area (Å²) in [5.41, 5.74) is 0.0830. The molecule has 0 aliphatic carbocycles. The van der Waals surface area contributed by atoms with Crippen molar-refractivity contribution in [3.8, 4) is 11.5 Å². The number of nitrogens with one attached hydrogen (secondary N) is 2.